The van der Waals surface area contributed by atoms with E-state index in [0.29, 0.717) is 5.82 Å². The smallest absolute Gasteiger partial charge is 0.294 e. The van der Waals surface area contributed by atoms with E-state index in [4.69, 9.17) is 4.74 Å². The number of imidazole rings is 1. The van der Waals surface area contributed by atoms with Gasteiger partial charge in [-0.25, -0.2) is 13.9 Å². The highest BCUT2D eigenvalue weighted by Gasteiger charge is 2.53. The SMILES string of the molecule is Cc1nn2c([C@@H]3O[C@](C)(CO)[C@@H](O)[C@H]3F)cnc2c(=O)[nH]1. The molecule has 3 rings (SSSR count). The second kappa shape index (κ2) is 4.58. The molecule has 1 aliphatic rings. The number of rotatable bonds is 2. The molecule has 0 saturated carbocycles. The first-order valence-corrected chi connectivity index (χ1v) is 6.43. The quantitative estimate of drug-likeness (QED) is 0.672. The van der Waals surface area contributed by atoms with E-state index in [9.17, 15) is 19.4 Å². The topological polar surface area (TPSA) is 113 Å². The summed E-state index contributed by atoms with van der Waals surface area (Å²) in [6.07, 6.45) is -3.13. The van der Waals surface area contributed by atoms with E-state index < -0.39 is 36.1 Å². The average Bonchev–Trinajstić information content (AvgIpc) is 2.95. The van der Waals surface area contributed by atoms with Crippen molar-refractivity contribution < 1.29 is 19.3 Å². The Morgan fingerprint density at radius 1 is 1.62 bits per heavy atom. The summed E-state index contributed by atoms with van der Waals surface area (Å²) in [5, 5.41) is 23.3. The zero-order valence-electron chi connectivity index (χ0n) is 11.4. The molecule has 0 amide bonds. The Kier molecular flexibility index (Phi) is 3.08. The van der Waals surface area contributed by atoms with Gasteiger partial charge >= 0.3 is 0 Å². The van der Waals surface area contributed by atoms with Crippen molar-refractivity contribution in [3.63, 3.8) is 0 Å². The number of hydrogen-bond donors (Lipinski definition) is 3. The first-order chi connectivity index (χ1) is 9.87. The van der Waals surface area contributed by atoms with Gasteiger partial charge in [0.25, 0.3) is 5.56 Å². The summed E-state index contributed by atoms with van der Waals surface area (Å²) in [5.74, 6) is 0.339. The maximum absolute atomic E-state index is 14.3. The van der Waals surface area contributed by atoms with Crippen molar-refractivity contribution in [2.45, 2.75) is 37.8 Å². The van der Waals surface area contributed by atoms with Gasteiger partial charge in [-0.1, -0.05) is 0 Å². The van der Waals surface area contributed by atoms with Crippen LogP contribution in [0, 0.1) is 6.92 Å². The molecule has 1 fully saturated rings. The Labute approximate surface area is 118 Å². The maximum atomic E-state index is 14.3. The number of halogens is 1. The molecule has 3 N–H and O–H groups in total. The fourth-order valence-electron chi connectivity index (χ4n) is 2.49. The maximum Gasteiger partial charge on any atom is 0.294 e. The van der Waals surface area contributed by atoms with E-state index in [-0.39, 0.29) is 11.3 Å². The van der Waals surface area contributed by atoms with Crippen molar-refractivity contribution in [3.8, 4) is 0 Å². The average molecular weight is 298 g/mol. The minimum atomic E-state index is -1.76. The van der Waals surface area contributed by atoms with Crippen LogP contribution in [0.25, 0.3) is 5.65 Å². The molecule has 9 heteroatoms. The Bertz CT molecular complexity index is 744. The summed E-state index contributed by atoms with van der Waals surface area (Å²) in [5.41, 5.74) is -1.64. The third kappa shape index (κ3) is 1.96. The summed E-state index contributed by atoms with van der Waals surface area (Å²) in [4.78, 5) is 18.1. The fourth-order valence-corrected chi connectivity index (χ4v) is 2.49. The van der Waals surface area contributed by atoms with Gasteiger partial charge < -0.3 is 19.9 Å². The lowest BCUT2D eigenvalue weighted by Gasteiger charge is -2.24. The molecule has 21 heavy (non-hydrogen) atoms. The van der Waals surface area contributed by atoms with Crippen LogP contribution in [0.3, 0.4) is 0 Å². The summed E-state index contributed by atoms with van der Waals surface area (Å²) in [6, 6.07) is 0. The molecule has 2 aromatic heterocycles. The molecule has 4 atom stereocenters. The molecule has 3 heterocycles. The molecule has 2 aromatic rings. The number of H-pyrrole nitrogens is 1. The summed E-state index contributed by atoms with van der Waals surface area (Å²) in [7, 11) is 0. The standard InChI is InChI=1S/C12H15FN4O4/c1-5-15-11(20)10-14-3-6(17(10)16-5)8-7(13)9(19)12(2,4-18)21-8/h3,7-9,18-19H,4H2,1-2H3,(H,15,16,20)/t7-,8-,9-,12+/m0/s1. The van der Waals surface area contributed by atoms with E-state index >= 15 is 0 Å². The van der Waals surface area contributed by atoms with Crippen LogP contribution >= 0.6 is 0 Å². The van der Waals surface area contributed by atoms with Gasteiger partial charge in [0, 0.05) is 0 Å². The number of nitrogens with zero attached hydrogens (tertiary/aromatic N) is 3. The van der Waals surface area contributed by atoms with E-state index in [2.05, 4.69) is 15.1 Å². The third-order valence-corrected chi connectivity index (χ3v) is 3.73. The zero-order valence-corrected chi connectivity index (χ0v) is 11.4. The van der Waals surface area contributed by atoms with Crippen LogP contribution in [-0.2, 0) is 4.74 Å². The first-order valence-electron chi connectivity index (χ1n) is 6.43. The Balaban J connectivity index is 2.12. The number of alkyl halides is 1. The molecule has 0 unspecified atom stereocenters. The molecular weight excluding hydrogens is 283 g/mol. The zero-order chi connectivity index (χ0) is 15.4. The number of aliphatic hydroxyl groups excluding tert-OH is 2. The van der Waals surface area contributed by atoms with Crippen LogP contribution in [0.1, 0.15) is 24.5 Å². The molecule has 8 nitrogen and oxygen atoms in total. The van der Waals surface area contributed by atoms with Gasteiger partial charge in [0.15, 0.2) is 6.17 Å². The number of ether oxygens (including phenoxy) is 1. The minimum absolute atomic E-state index is 0.0125. The lowest BCUT2D eigenvalue weighted by atomic mass is 9.98. The highest BCUT2D eigenvalue weighted by atomic mass is 19.1. The van der Waals surface area contributed by atoms with Crippen LogP contribution in [-0.4, -0.2) is 54.3 Å². The second-order valence-electron chi connectivity index (χ2n) is 5.36. The van der Waals surface area contributed by atoms with Gasteiger partial charge in [-0.15, -0.1) is 0 Å². The lowest BCUT2D eigenvalue weighted by Crippen LogP contribution is -2.42. The lowest BCUT2D eigenvalue weighted by molar-refractivity contribution is -0.100. The molecule has 1 aliphatic heterocycles. The van der Waals surface area contributed by atoms with Gasteiger partial charge in [0.05, 0.1) is 18.5 Å². The van der Waals surface area contributed by atoms with Crippen LogP contribution in [0.4, 0.5) is 4.39 Å². The third-order valence-electron chi connectivity index (χ3n) is 3.73. The van der Waals surface area contributed by atoms with Gasteiger partial charge in [0.1, 0.15) is 23.6 Å². The Morgan fingerprint density at radius 3 is 2.95 bits per heavy atom. The van der Waals surface area contributed by atoms with E-state index in [1.165, 1.54) is 17.6 Å². The molecule has 0 aliphatic carbocycles. The molecule has 0 bridgehead atoms. The van der Waals surface area contributed by atoms with Crippen LogP contribution in [0.5, 0.6) is 0 Å². The van der Waals surface area contributed by atoms with Gasteiger partial charge in [-0.05, 0) is 13.8 Å². The number of nitrogens with one attached hydrogen (secondary N) is 1. The van der Waals surface area contributed by atoms with Gasteiger partial charge in [-0.2, -0.15) is 5.10 Å². The molecule has 1 saturated heterocycles. The highest BCUT2D eigenvalue weighted by molar-refractivity contribution is 5.37. The van der Waals surface area contributed by atoms with Gasteiger partial charge in [0.2, 0.25) is 5.65 Å². The summed E-state index contributed by atoms with van der Waals surface area (Å²) in [6.45, 7) is 2.47. The van der Waals surface area contributed by atoms with Crippen molar-refractivity contribution in [1.82, 2.24) is 19.6 Å². The summed E-state index contributed by atoms with van der Waals surface area (Å²) < 4.78 is 21.0. The normalized spacial score (nSPS) is 32.9. The fraction of sp³-hybridized carbons (Fsp3) is 0.583. The van der Waals surface area contributed by atoms with E-state index in [1.807, 2.05) is 0 Å². The second-order valence-corrected chi connectivity index (χ2v) is 5.36. The number of aromatic nitrogens is 4. The Hall–Kier alpha value is -1.84. The number of fused-ring (bicyclic) bond motifs is 1. The van der Waals surface area contributed by atoms with Crippen molar-refractivity contribution >= 4 is 5.65 Å². The number of aryl methyl sites for hydroxylation is 1. The minimum Gasteiger partial charge on any atom is -0.393 e. The van der Waals surface area contributed by atoms with Crippen molar-refractivity contribution in [1.29, 1.82) is 0 Å². The predicted molar refractivity (Wildman–Crippen MR) is 68.6 cm³/mol. The van der Waals surface area contributed by atoms with E-state index in [0.717, 1.165) is 0 Å². The van der Waals surface area contributed by atoms with E-state index in [1.54, 1.807) is 6.92 Å². The van der Waals surface area contributed by atoms with Gasteiger partial charge in [-0.3, -0.25) is 4.79 Å². The number of hydrogen-bond acceptors (Lipinski definition) is 6. The predicted octanol–water partition coefficient (Wildman–Crippen LogP) is -0.753. The summed E-state index contributed by atoms with van der Waals surface area (Å²) >= 11 is 0. The van der Waals surface area contributed by atoms with Crippen molar-refractivity contribution in [3.05, 3.63) is 28.1 Å². The van der Waals surface area contributed by atoms with Crippen LogP contribution in [0.2, 0.25) is 0 Å². The highest BCUT2D eigenvalue weighted by Crippen LogP contribution is 2.41. The van der Waals surface area contributed by atoms with Crippen molar-refractivity contribution in [2.24, 2.45) is 0 Å². The first kappa shape index (κ1) is 14.1. The molecule has 0 spiro atoms. The molecular formula is C12H15FN4O4. The Morgan fingerprint density at radius 2 is 2.33 bits per heavy atom. The number of aromatic amines is 1. The monoisotopic (exact) mass is 298 g/mol. The van der Waals surface area contributed by atoms with Crippen molar-refractivity contribution in [2.75, 3.05) is 6.61 Å². The molecule has 0 radical (unpaired) electrons. The molecule has 0 aromatic carbocycles. The largest absolute Gasteiger partial charge is 0.393 e. The number of aliphatic hydroxyl groups is 2. The molecule has 114 valence electrons. The van der Waals surface area contributed by atoms with Crippen LogP contribution in [0.15, 0.2) is 11.0 Å². The van der Waals surface area contributed by atoms with Crippen LogP contribution < -0.4 is 5.56 Å².